The van der Waals surface area contributed by atoms with Crippen molar-refractivity contribution < 1.29 is 24.3 Å². The number of guanidine groups is 1. The van der Waals surface area contributed by atoms with Gasteiger partial charge in [-0.25, -0.2) is 9.78 Å². The van der Waals surface area contributed by atoms with Gasteiger partial charge in [0, 0.05) is 42.0 Å². The van der Waals surface area contributed by atoms with Gasteiger partial charge in [-0.05, 0) is 36.8 Å². The molecule has 3 amide bonds. The Morgan fingerprint density at radius 1 is 0.977 bits per heavy atom. The van der Waals surface area contributed by atoms with Gasteiger partial charge in [-0.2, -0.15) is 0 Å². The largest absolute Gasteiger partial charge is 0.480 e. The summed E-state index contributed by atoms with van der Waals surface area (Å²) in [6.07, 6.45) is 5.38. The van der Waals surface area contributed by atoms with E-state index >= 15 is 0 Å². The molecule has 0 saturated carbocycles. The molecule has 3 aromatic rings. The molecule has 15 heteroatoms. The first-order valence-electron chi connectivity index (χ1n) is 13.9. The van der Waals surface area contributed by atoms with E-state index in [9.17, 15) is 24.3 Å². The third kappa shape index (κ3) is 9.56. The van der Waals surface area contributed by atoms with Crippen LogP contribution in [0.15, 0.2) is 48.0 Å². The number of carbonyl (C=O) groups is 4. The first-order valence-corrected chi connectivity index (χ1v) is 13.9. The molecule has 0 aliphatic heterocycles. The number of hydrogen-bond acceptors (Lipinski definition) is 7. The zero-order valence-corrected chi connectivity index (χ0v) is 24.2. The number of nitrogens with zero attached hydrogens (tertiary/aromatic N) is 2. The van der Waals surface area contributed by atoms with Gasteiger partial charge in [-0.3, -0.25) is 19.4 Å². The number of H-pyrrole nitrogens is 2. The van der Waals surface area contributed by atoms with Crippen LogP contribution in [0, 0.1) is 5.92 Å². The van der Waals surface area contributed by atoms with Crippen LogP contribution < -0.4 is 33.2 Å². The van der Waals surface area contributed by atoms with Crippen LogP contribution >= 0.6 is 0 Å². The van der Waals surface area contributed by atoms with Crippen molar-refractivity contribution in [2.75, 3.05) is 6.54 Å². The number of aromatic nitrogens is 3. The summed E-state index contributed by atoms with van der Waals surface area (Å²) in [6.45, 7) is 3.52. The lowest BCUT2D eigenvalue weighted by Crippen LogP contribution is -2.58. The summed E-state index contributed by atoms with van der Waals surface area (Å²) in [5.74, 6) is -3.65. The van der Waals surface area contributed by atoms with Crippen LogP contribution in [0.1, 0.15) is 37.9 Å². The Bertz CT molecular complexity index is 1410. The lowest BCUT2D eigenvalue weighted by atomic mass is 10.0. The van der Waals surface area contributed by atoms with Gasteiger partial charge < -0.3 is 48.2 Å². The van der Waals surface area contributed by atoms with Gasteiger partial charge >= 0.3 is 5.97 Å². The molecule has 0 radical (unpaired) electrons. The van der Waals surface area contributed by atoms with Crippen molar-refractivity contribution in [1.29, 1.82) is 0 Å². The minimum atomic E-state index is -1.20. The number of hydrogen-bond donors (Lipinski definition) is 9. The topological polar surface area (TPSA) is 259 Å². The Labute approximate surface area is 248 Å². The zero-order valence-electron chi connectivity index (χ0n) is 24.2. The minimum absolute atomic E-state index is 0.00322. The smallest absolute Gasteiger partial charge is 0.326 e. The molecule has 0 spiro atoms. The molecule has 1 aromatic carbocycles. The van der Waals surface area contributed by atoms with Crippen LogP contribution in [-0.4, -0.2) is 80.4 Å². The average molecular weight is 597 g/mol. The number of para-hydroxylation sites is 1. The summed E-state index contributed by atoms with van der Waals surface area (Å²) in [5, 5.41) is 18.3. The second-order valence-corrected chi connectivity index (χ2v) is 10.6. The fourth-order valence-corrected chi connectivity index (χ4v) is 4.55. The average Bonchev–Trinajstić information content (AvgIpc) is 3.62. The Morgan fingerprint density at radius 2 is 1.67 bits per heavy atom. The molecule has 4 atom stereocenters. The highest BCUT2D eigenvalue weighted by atomic mass is 16.4. The number of nitrogens with one attached hydrogen (secondary N) is 5. The third-order valence-electron chi connectivity index (χ3n) is 6.87. The lowest BCUT2D eigenvalue weighted by Gasteiger charge is -2.26. The van der Waals surface area contributed by atoms with Gasteiger partial charge in [0.2, 0.25) is 17.7 Å². The van der Waals surface area contributed by atoms with Crippen molar-refractivity contribution in [1.82, 2.24) is 30.9 Å². The van der Waals surface area contributed by atoms with Crippen LogP contribution in [-0.2, 0) is 32.0 Å². The molecule has 3 rings (SSSR count). The molecule has 2 aromatic heterocycles. The maximum atomic E-state index is 13.5. The maximum absolute atomic E-state index is 13.5. The van der Waals surface area contributed by atoms with E-state index < -0.39 is 53.8 Å². The number of rotatable bonds is 16. The predicted molar refractivity (Wildman–Crippen MR) is 160 cm³/mol. The molecule has 0 aliphatic carbocycles. The van der Waals surface area contributed by atoms with Crippen molar-refractivity contribution in [2.24, 2.45) is 28.1 Å². The van der Waals surface area contributed by atoms with Crippen LogP contribution in [0.4, 0.5) is 0 Å². The molecule has 43 heavy (non-hydrogen) atoms. The van der Waals surface area contributed by atoms with Crippen LogP contribution in [0.2, 0.25) is 0 Å². The second-order valence-electron chi connectivity index (χ2n) is 10.6. The molecule has 12 N–H and O–H groups in total. The standard InChI is InChI=1S/C28H40N10O5/c1-15(2)23(27(42)43)38-26(41)22(11-17-13-32-14-35-17)37-25(40)21(8-5-9-33-28(30)31)36-24(39)19(29)10-16-12-34-20-7-4-3-6-18(16)20/h3-4,6-7,12-15,19,21-23,34H,5,8-11,29H2,1-2H3,(H,32,35)(H,36,39)(H,37,40)(H,38,41)(H,42,43)(H4,30,31,33). The summed E-state index contributed by atoms with van der Waals surface area (Å²) in [5.41, 5.74) is 19.3. The fraction of sp³-hybridized carbons (Fsp3) is 0.429. The quantitative estimate of drug-likeness (QED) is 0.0571. The van der Waals surface area contributed by atoms with Crippen LogP contribution in [0.3, 0.4) is 0 Å². The highest BCUT2D eigenvalue weighted by Crippen LogP contribution is 2.19. The van der Waals surface area contributed by atoms with Gasteiger partial charge in [0.15, 0.2) is 5.96 Å². The van der Waals surface area contributed by atoms with E-state index in [2.05, 4.69) is 35.9 Å². The molecular weight excluding hydrogens is 556 g/mol. The lowest BCUT2D eigenvalue weighted by molar-refractivity contribution is -0.143. The monoisotopic (exact) mass is 596 g/mol. The second kappa shape index (κ2) is 15.3. The number of nitrogens with two attached hydrogens (primary N) is 3. The Kier molecular flexibility index (Phi) is 11.6. The first-order chi connectivity index (χ1) is 20.5. The Morgan fingerprint density at radius 3 is 2.33 bits per heavy atom. The SMILES string of the molecule is CC(C)C(NC(=O)C(Cc1cnc[nH]1)NC(=O)C(CCCN=C(N)N)NC(=O)C(N)Cc1c[nH]c2ccccc12)C(=O)O. The van der Waals surface area contributed by atoms with Crippen molar-refractivity contribution in [2.45, 2.75) is 63.7 Å². The maximum Gasteiger partial charge on any atom is 0.326 e. The number of benzene rings is 1. The highest BCUT2D eigenvalue weighted by molar-refractivity contribution is 5.94. The van der Waals surface area contributed by atoms with Gasteiger partial charge in [0.1, 0.15) is 18.1 Å². The fourth-order valence-electron chi connectivity index (χ4n) is 4.55. The number of carboxylic acids is 1. The molecule has 0 saturated heterocycles. The van der Waals surface area contributed by atoms with Crippen molar-refractivity contribution in [3.63, 3.8) is 0 Å². The molecule has 15 nitrogen and oxygen atoms in total. The van der Waals surface area contributed by atoms with E-state index in [4.69, 9.17) is 17.2 Å². The number of imidazole rings is 1. The van der Waals surface area contributed by atoms with E-state index in [1.165, 1.54) is 12.5 Å². The van der Waals surface area contributed by atoms with Crippen LogP contribution in [0.25, 0.3) is 10.9 Å². The van der Waals surface area contributed by atoms with E-state index in [0.29, 0.717) is 12.1 Å². The molecule has 0 bridgehead atoms. The highest BCUT2D eigenvalue weighted by Gasteiger charge is 2.31. The molecular formula is C28H40N10O5. The summed E-state index contributed by atoms with van der Waals surface area (Å²) in [6, 6.07) is 3.20. The van der Waals surface area contributed by atoms with Crippen molar-refractivity contribution in [3.8, 4) is 0 Å². The van der Waals surface area contributed by atoms with Gasteiger partial charge in [-0.15, -0.1) is 0 Å². The van der Waals surface area contributed by atoms with E-state index in [1.54, 1.807) is 20.0 Å². The molecule has 2 heterocycles. The van der Waals surface area contributed by atoms with Gasteiger partial charge in [0.05, 0.1) is 12.4 Å². The van der Waals surface area contributed by atoms with Gasteiger partial charge in [-0.1, -0.05) is 32.0 Å². The molecule has 0 aliphatic rings. The number of aliphatic carboxylic acids is 1. The predicted octanol–water partition coefficient (Wildman–Crippen LogP) is -0.748. The van der Waals surface area contributed by atoms with Crippen molar-refractivity contribution in [3.05, 3.63) is 54.2 Å². The zero-order chi connectivity index (χ0) is 31.5. The number of carboxylic acid groups (broad SMARTS) is 1. The number of carbonyl (C=O) groups excluding carboxylic acids is 3. The Balaban J connectivity index is 1.76. The number of fused-ring (bicyclic) bond motifs is 1. The molecule has 0 fully saturated rings. The number of aromatic amines is 2. The summed E-state index contributed by atoms with van der Waals surface area (Å²) < 4.78 is 0. The third-order valence-corrected chi connectivity index (χ3v) is 6.87. The Hall–Kier alpha value is -4.92. The summed E-state index contributed by atoms with van der Waals surface area (Å²) >= 11 is 0. The van der Waals surface area contributed by atoms with Gasteiger partial charge in [0.25, 0.3) is 0 Å². The molecule has 232 valence electrons. The first kappa shape index (κ1) is 32.6. The van der Waals surface area contributed by atoms with E-state index in [-0.39, 0.29) is 31.8 Å². The summed E-state index contributed by atoms with van der Waals surface area (Å²) in [7, 11) is 0. The van der Waals surface area contributed by atoms with Crippen LogP contribution in [0.5, 0.6) is 0 Å². The number of aliphatic imine (C=N–C) groups is 1. The minimum Gasteiger partial charge on any atom is -0.480 e. The summed E-state index contributed by atoms with van der Waals surface area (Å²) in [4.78, 5) is 65.5. The normalized spacial score (nSPS) is 14.0. The molecule has 4 unspecified atom stereocenters. The van der Waals surface area contributed by atoms with E-state index in [0.717, 1.165) is 16.5 Å². The number of amides is 3. The van der Waals surface area contributed by atoms with E-state index in [1.807, 2.05) is 24.3 Å². The van der Waals surface area contributed by atoms with Crippen molar-refractivity contribution >= 4 is 40.6 Å².